The van der Waals surface area contributed by atoms with Crippen molar-refractivity contribution in [3.63, 3.8) is 0 Å². The Labute approximate surface area is 126 Å². The first-order valence-electron chi connectivity index (χ1n) is 7.69. The first-order valence-corrected chi connectivity index (χ1v) is 7.69. The van der Waals surface area contributed by atoms with Gasteiger partial charge in [-0.2, -0.15) is 15.0 Å². The van der Waals surface area contributed by atoms with Crippen molar-refractivity contribution in [2.24, 2.45) is 5.92 Å². The molecule has 1 aliphatic rings. The predicted octanol–water partition coefficient (Wildman–Crippen LogP) is 1.60. The van der Waals surface area contributed by atoms with Gasteiger partial charge in [0.15, 0.2) is 0 Å². The van der Waals surface area contributed by atoms with Gasteiger partial charge in [-0.15, -0.1) is 0 Å². The van der Waals surface area contributed by atoms with E-state index in [0.717, 1.165) is 19.6 Å². The molecule has 1 fully saturated rings. The zero-order valence-electron chi connectivity index (χ0n) is 13.4. The molecule has 0 amide bonds. The maximum atomic E-state index is 5.38. The van der Waals surface area contributed by atoms with Gasteiger partial charge in [0.2, 0.25) is 17.8 Å². The van der Waals surface area contributed by atoms with Crippen LogP contribution >= 0.6 is 0 Å². The van der Waals surface area contributed by atoms with Gasteiger partial charge < -0.3 is 20.3 Å². The molecule has 0 bridgehead atoms. The maximum Gasteiger partial charge on any atom is 0.232 e. The second-order valence-corrected chi connectivity index (χ2v) is 5.59. The molecule has 21 heavy (non-hydrogen) atoms. The van der Waals surface area contributed by atoms with E-state index in [9.17, 15) is 0 Å². The van der Waals surface area contributed by atoms with Gasteiger partial charge in [-0.3, -0.25) is 0 Å². The number of hydrogen-bond donors (Lipinski definition) is 2. The number of ether oxygens (including phenoxy) is 1. The molecule has 2 heterocycles. The fourth-order valence-electron chi connectivity index (χ4n) is 1.94. The lowest BCUT2D eigenvalue weighted by molar-refractivity contribution is 0.122. The van der Waals surface area contributed by atoms with Crippen molar-refractivity contribution in [2.45, 2.75) is 33.7 Å². The Morgan fingerprint density at radius 3 is 2.38 bits per heavy atom. The van der Waals surface area contributed by atoms with Crippen LogP contribution < -0.4 is 15.5 Å². The molecule has 0 spiro atoms. The van der Waals surface area contributed by atoms with Gasteiger partial charge in [0.05, 0.1) is 13.2 Å². The van der Waals surface area contributed by atoms with Crippen LogP contribution in [0.5, 0.6) is 0 Å². The van der Waals surface area contributed by atoms with Crippen molar-refractivity contribution in [2.75, 3.05) is 48.4 Å². The minimum atomic E-state index is 0.305. The highest BCUT2D eigenvalue weighted by Crippen LogP contribution is 2.16. The van der Waals surface area contributed by atoms with Crippen molar-refractivity contribution in [1.82, 2.24) is 15.0 Å². The minimum absolute atomic E-state index is 0.305. The van der Waals surface area contributed by atoms with E-state index in [1.54, 1.807) is 0 Å². The van der Waals surface area contributed by atoms with Crippen LogP contribution in [0.3, 0.4) is 0 Å². The van der Waals surface area contributed by atoms with E-state index in [1.807, 2.05) is 6.92 Å². The van der Waals surface area contributed by atoms with Crippen LogP contribution in [0.4, 0.5) is 17.8 Å². The van der Waals surface area contributed by atoms with Crippen molar-refractivity contribution in [3.05, 3.63) is 0 Å². The zero-order chi connectivity index (χ0) is 15.2. The number of aromatic nitrogens is 3. The molecule has 0 radical (unpaired) electrons. The normalized spacial score (nSPS) is 16.9. The molecule has 2 rings (SSSR count). The molecule has 1 aromatic rings. The van der Waals surface area contributed by atoms with E-state index in [1.165, 1.54) is 0 Å². The number of nitrogens with zero attached hydrogens (tertiary/aromatic N) is 4. The SMILES string of the molecule is CCNc1nc(NC(C)C(C)C)nc(N2CCOCC2)n1. The summed E-state index contributed by atoms with van der Waals surface area (Å²) in [6.07, 6.45) is 0. The molecule has 1 unspecified atom stereocenters. The topological polar surface area (TPSA) is 75.2 Å². The van der Waals surface area contributed by atoms with Crippen LogP contribution in [0.15, 0.2) is 0 Å². The van der Waals surface area contributed by atoms with E-state index in [0.29, 0.717) is 43.0 Å². The van der Waals surface area contributed by atoms with Gasteiger partial charge in [0.1, 0.15) is 0 Å². The molecular formula is C14H26N6O. The molecule has 1 saturated heterocycles. The molecule has 1 aliphatic heterocycles. The summed E-state index contributed by atoms with van der Waals surface area (Å²) >= 11 is 0. The Morgan fingerprint density at radius 2 is 1.76 bits per heavy atom. The number of nitrogens with one attached hydrogen (secondary N) is 2. The summed E-state index contributed by atoms with van der Waals surface area (Å²) in [6, 6.07) is 0.305. The molecular weight excluding hydrogens is 268 g/mol. The van der Waals surface area contributed by atoms with Crippen LogP contribution in [0.2, 0.25) is 0 Å². The maximum absolute atomic E-state index is 5.38. The third-order valence-electron chi connectivity index (χ3n) is 3.61. The first kappa shape index (κ1) is 15.8. The molecule has 0 aliphatic carbocycles. The van der Waals surface area contributed by atoms with E-state index >= 15 is 0 Å². The Balaban J connectivity index is 2.20. The predicted molar refractivity (Wildman–Crippen MR) is 84.9 cm³/mol. The molecule has 118 valence electrons. The summed E-state index contributed by atoms with van der Waals surface area (Å²) in [7, 11) is 0. The molecule has 7 heteroatoms. The number of rotatable bonds is 6. The van der Waals surface area contributed by atoms with Gasteiger partial charge in [-0.25, -0.2) is 0 Å². The van der Waals surface area contributed by atoms with Crippen molar-refractivity contribution in [1.29, 1.82) is 0 Å². The van der Waals surface area contributed by atoms with Crippen LogP contribution in [-0.4, -0.2) is 53.8 Å². The average Bonchev–Trinajstić information content (AvgIpc) is 2.48. The van der Waals surface area contributed by atoms with E-state index in [2.05, 4.69) is 51.3 Å². The number of morpholine rings is 1. The fourth-order valence-corrected chi connectivity index (χ4v) is 1.94. The lowest BCUT2D eigenvalue weighted by Gasteiger charge is -2.27. The molecule has 1 atom stereocenters. The Bertz CT molecular complexity index is 447. The van der Waals surface area contributed by atoms with Crippen LogP contribution in [0, 0.1) is 5.92 Å². The lowest BCUT2D eigenvalue weighted by atomic mass is 10.1. The van der Waals surface area contributed by atoms with Gasteiger partial charge >= 0.3 is 0 Å². The van der Waals surface area contributed by atoms with Crippen LogP contribution in [-0.2, 0) is 4.74 Å². The van der Waals surface area contributed by atoms with Crippen LogP contribution in [0.25, 0.3) is 0 Å². The average molecular weight is 294 g/mol. The highest BCUT2D eigenvalue weighted by molar-refractivity contribution is 5.44. The fraction of sp³-hybridized carbons (Fsp3) is 0.786. The number of hydrogen-bond acceptors (Lipinski definition) is 7. The summed E-state index contributed by atoms with van der Waals surface area (Å²) in [6.45, 7) is 12.4. The van der Waals surface area contributed by atoms with Gasteiger partial charge in [0.25, 0.3) is 0 Å². The third kappa shape index (κ3) is 4.42. The van der Waals surface area contributed by atoms with E-state index in [4.69, 9.17) is 4.74 Å². The summed E-state index contributed by atoms with van der Waals surface area (Å²) in [4.78, 5) is 15.6. The third-order valence-corrected chi connectivity index (χ3v) is 3.61. The van der Waals surface area contributed by atoms with Gasteiger partial charge in [-0.1, -0.05) is 13.8 Å². The highest BCUT2D eigenvalue weighted by Gasteiger charge is 2.17. The largest absolute Gasteiger partial charge is 0.378 e. The standard InChI is InChI=1S/C14H26N6O/c1-5-15-12-17-13(16-11(4)10(2)3)19-14(18-12)20-6-8-21-9-7-20/h10-11H,5-9H2,1-4H3,(H2,15,16,17,18,19). The molecule has 2 N–H and O–H groups in total. The van der Waals surface area contributed by atoms with E-state index in [-0.39, 0.29) is 0 Å². The first-order chi connectivity index (χ1) is 10.1. The minimum Gasteiger partial charge on any atom is -0.378 e. The number of anilines is 3. The summed E-state index contributed by atoms with van der Waals surface area (Å²) in [5, 5.41) is 6.53. The smallest absolute Gasteiger partial charge is 0.232 e. The summed E-state index contributed by atoms with van der Waals surface area (Å²) < 4.78 is 5.38. The van der Waals surface area contributed by atoms with Crippen molar-refractivity contribution >= 4 is 17.8 Å². The van der Waals surface area contributed by atoms with Gasteiger partial charge in [-0.05, 0) is 19.8 Å². The van der Waals surface area contributed by atoms with E-state index < -0.39 is 0 Å². The Kier molecular flexibility index (Phi) is 5.55. The molecule has 7 nitrogen and oxygen atoms in total. The van der Waals surface area contributed by atoms with Crippen molar-refractivity contribution < 1.29 is 4.74 Å². The highest BCUT2D eigenvalue weighted by atomic mass is 16.5. The monoisotopic (exact) mass is 294 g/mol. The second-order valence-electron chi connectivity index (χ2n) is 5.59. The molecule has 0 saturated carbocycles. The van der Waals surface area contributed by atoms with Gasteiger partial charge in [0, 0.05) is 25.7 Å². The zero-order valence-corrected chi connectivity index (χ0v) is 13.4. The molecule has 0 aromatic carbocycles. The summed E-state index contributed by atoms with van der Waals surface area (Å²) in [5.41, 5.74) is 0. The Hall–Kier alpha value is -1.63. The van der Waals surface area contributed by atoms with Crippen LogP contribution in [0.1, 0.15) is 27.7 Å². The summed E-state index contributed by atoms with van der Waals surface area (Å²) in [5.74, 6) is 2.47. The Morgan fingerprint density at radius 1 is 1.10 bits per heavy atom. The second kappa shape index (κ2) is 7.40. The van der Waals surface area contributed by atoms with Crippen molar-refractivity contribution in [3.8, 4) is 0 Å². The lowest BCUT2D eigenvalue weighted by Crippen LogP contribution is -2.37. The molecule has 1 aromatic heterocycles. The quantitative estimate of drug-likeness (QED) is 0.825.